The Hall–Kier alpha value is -2.00. The van der Waals surface area contributed by atoms with Gasteiger partial charge < -0.3 is 4.74 Å². The van der Waals surface area contributed by atoms with Crippen LogP contribution in [0.2, 0.25) is 0 Å². The van der Waals surface area contributed by atoms with E-state index in [2.05, 4.69) is 18.7 Å². The largest absolute Gasteiger partial charge is 0.372 e. The molecule has 27 heavy (non-hydrogen) atoms. The number of rotatable bonds is 7. The van der Waals surface area contributed by atoms with Crippen LogP contribution in [0.4, 0.5) is 8.78 Å². The van der Waals surface area contributed by atoms with E-state index in [0.29, 0.717) is 5.92 Å². The standard InChI is InChI=1S/C24H28F2O/c1-3-4-6-17-9-11-18(12-10-17)19-13-15-20(16-14-19)24(27-2)23-21(25)7-5-8-22(23)26/h3,5,7-8,13-18,24H,1,4,6,9-12H2,2H3. The van der Waals surface area contributed by atoms with Crippen LogP contribution in [-0.2, 0) is 4.74 Å². The predicted molar refractivity (Wildman–Crippen MR) is 106 cm³/mol. The maximum absolute atomic E-state index is 14.1. The van der Waals surface area contributed by atoms with Gasteiger partial charge in [-0.1, -0.05) is 36.4 Å². The highest BCUT2D eigenvalue weighted by Crippen LogP contribution is 2.38. The third kappa shape index (κ3) is 4.65. The summed E-state index contributed by atoms with van der Waals surface area (Å²) in [6.45, 7) is 3.81. The SMILES string of the molecule is C=CCCC1CCC(c2ccc(C(OC)c3c(F)cccc3F)cc2)CC1. The van der Waals surface area contributed by atoms with Crippen molar-refractivity contribution in [2.45, 2.75) is 50.5 Å². The summed E-state index contributed by atoms with van der Waals surface area (Å²) in [5, 5.41) is 0. The summed E-state index contributed by atoms with van der Waals surface area (Å²) >= 11 is 0. The minimum absolute atomic E-state index is 0.0320. The van der Waals surface area contributed by atoms with Crippen LogP contribution in [0.15, 0.2) is 55.1 Å². The number of methoxy groups -OCH3 is 1. The molecule has 0 radical (unpaired) electrons. The Bertz CT molecular complexity index is 725. The Morgan fingerprint density at radius 1 is 1.04 bits per heavy atom. The van der Waals surface area contributed by atoms with Gasteiger partial charge in [0.25, 0.3) is 0 Å². The van der Waals surface area contributed by atoms with Crippen molar-refractivity contribution in [3.8, 4) is 0 Å². The van der Waals surface area contributed by atoms with Crippen LogP contribution < -0.4 is 0 Å². The first kappa shape index (κ1) is 19.8. The summed E-state index contributed by atoms with van der Waals surface area (Å²) in [6.07, 6.45) is 8.56. The minimum atomic E-state index is -0.741. The fourth-order valence-electron chi connectivity index (χ4n) is 4.26. The highest BCUT2D eigenvalue weighted by atomic mass is 19.1. The molecule has 0 saturated heterocycles. The van der Waals surface area contributed by atoms with E-state index in [0.717, 1.165) is 17.9 Å². The van der Waals surface area contributed by atoms with Gasteiger partial charge in [0, 0.05) is 7.11 Å². The van der Waals surface area contributed by atoms with Gasteiger partial charge in [-0.15, -0.1) is 6.58 Å². The highest BCUT2D eigenvalue weighted by molar-refractivity contribution is 5.35. The molecule has 2 aromatic rings. The second-order valence-corrected chi connectivity index (χ2v) is 7.50. The smallest absolute Gasteiger partial charge is 0.132 e. The Balaban J connectivity index is 1.71. The molecule has 1 atom stereocenters. The third-order valence-corrected chi connectivity index (χ3v) is 5.83. The zero-order valence-corrected chi connectivity index (χ0v) is 16.0. The van der Waals surface area contributed by atoms with Gasteiger partial charge >= 0.3 is 0 Å². The highest BCUT2D eigenvalue weighted by Gasteiger charge is 2.24. The van der Waals surface area contributed by atoms with E-state index in [1.165, 1.54) is 63.0 Å². The van der Waals surface area contributed by atoms with Crippen LogP contribution in [0, 0.1) is 17.6 Å². The zero-order chi connectivity index (χ0) is 19.2. The molecule has 3 rings (SSSR count). The maximum atomic E-state index is 14.1. The Kier molecular flexibility index (Phi) is 6.78. The zero-order valence-electron chi connectivity index (χ0n) is 16.0. The number of hydrogen-bond acceptors (Lipinski definition) is 1. The molecule has 1 unspecified atom stereocenters. The summed E-state index contributed by atoms with van der Waals surface area (Å²) in [5.41, 5.74) is 2.05. The molecule has 0 bridgehead atoms. The minimum Gasteiger partial charge on any atom is -0.372 e. The molecule has 0 N–H and O–H groups in total. The molecule has 1 saturated carbocycles. The summed E-state index contributed by atoms with van der Waals surface area (Å²) < 4.78 is 33.7. The molecule has 1 aliphatic carbocycles. The quantitative estimate of drug-likeness (QED) is 0.480. The Morgan fingerprint density at radius 2 is 1.67 bits per heavy atom. The summed E-state index contributed by atoms with van der Waals surface area (Å²) in [7, 11) is 1.48. The molecule has 2 aromatic carbocycles. The lowest BCUT2D eigenvalue weighted by atomic mass is 9.77. The van der Waals surface area contributed by atoms with Crippen LogP contribution >= 0.6 is 0 Å². The van der Waals surface area contributed by atoms with Crippen LogP contribution in [0.1, 0.15) is 67.2 Å². The van der Waals surface area contributed by atoms with Gasteiger partial charge in [0.05, 0.1) is 5.56 Å². The van der Waals surface area contributed by atoms with E-state index in [-0.39, 0.29) is 5.56 Å². The average Bonchev–Trinajstić information content (AvgIpc) is 2.70. The van der Waals surface area contributed by atoms with Crippen LogP contribution in [0.5, 0.6) is 0 Å². The van der Waals surface area contributed by atoms with Crippen molar-refractivity contribution < 1.29 is 13.5 Å². The van der Waals surface area contributed by atoms with Crippen molar-refractivity contribution in [1.29, 1.82) is 0 Å². The van der Waals surface area contributed by atoms with Crippen molar-refractivity contribution >= 4 is 0 Å². The van der Waals surface area contributed by atoms with E-state index >= 15 is 0 Å². The molecule has 1 fully saturated rings. The fourth-order valence-corrected chi connectivity index (χ4v) is 4.26. The van der Waals surface area contributed by atoms with Gasteiger partial charge in [-0.3, -0.25) is 0 Å². The fraction of sp³-hybridized carbons (Fsp3) is 0.417. The molecule has 1 aliphatic rings. The lowest BCUT2D eigenvalue weighted by molar-refractivity contribution is 0.129. The molecular formula is C24H28F2O. The van der Waals surface area contributed by atoms with E-state index in [9.17, 15) is 8.78 Å². The molecule has 1 nitrogen and oxygen atoms in total. The van der Waals surface area contributed by atoms with Crippen molar-refractivity contribution in [2.75, 3.05) is 7.11 Å². The third-order valence-electron chi connectivity index (χ3n) is 5.83. The molecule has 0 aliphatic heterocycles. The summed E-state index contributed by atoms with van der Waals surface area (Å²) in [4.78, 5) is 0. The predicted octanol–water partition coefficient (Wildman–Crippen LogP) is 6.94. The topological polar surface area (TPSA) is 9.23 Å². The van der Waals surface area contributed by atoms with E-state index < -0.39 is 17.7 Å². The van der Waals surface area contributed by atoms with Gasteiger partial charge in [0.15, 0.2) is 0 Å². The van der Waals surface area contributed by atoms with Crippen molar-refractivity contribution in [2.24, 2.45) is 5.92 Å². The van der Waals surface area contributed by atoms with Gasteiger partial charge in [0.1, 0.15) is 17.7 Å². The lowest BCUT2D eigenvalue weighted by Crippen LogP contribution is -2.13. The van der Waals surface area contributed by atoms with Crippen molar-refractivity contribution in [3.05, 3.63) is 83.4 Å². The van der Waals surface area contributed by atoms with E-state index in [1.807, 2.05) is 18.2 Å². The Labute approximate surface area is 161 Å². The molecule has 0 spiro atoms. The normalized spacial score (nSPS) is 21.0. The number of benzene rings is 2. The van der Waals surface area contributed by atoms with Crippen molar-refractivity contribution in [1.82, 2.24) is 0 Å². The van der Waals surface area contributed by atoms with Gasteiger partial charge in [-0.25, -0.2) is 8.78 Å². The molecular weight excluding hydrogens is 342 g/mol. The second-order valence-electron chi connectivity index (χ2n) is 7.50. The maximum Gasteiger partial charge on any atom is 0.132 e. The number of allylic oxidation sites excluding steroid dienone is 1. The van der Waals surface area contributed by atoms with Crippen LogP contribution in [-0.4, -0.2) is 7.11 Å². The Morgan fingerprint density at radius 3 is 2.22 bits per heavy atom. The molecule has 3 heteroatoms. The summed E-state index contributed by atoms with van der Waals surface area (Å²) in [5.74, 6) is 0.234. The van der Waals surface area contributed by atoms with Gasteiger partial charge in [-0.2, -0.15) is 0 Å². The van der Waals surface area contributed by atoms with Gasteiger partial charge in [-0.05, 0) is 73.6 Å². The molecule has 0 amide bonds. The first-order chi connectivity index (χ1) is 13.1. The second kappa shape index (κ2) is 9.27. The van der Waals surface area contributed by atoms with E-state index in [4.69, 9.17) is 4.74 Å². The van der Waals surface area contributed by atoms with Crippen LogP contribution in [0.3, 0.4) is 0 Å². The first-order valence-corrected chi connectivity index (χ1v) is 9.81. The molecule has 0 heterocycles. The number of halogens is 2. The average molecular weight is 370 g/mol. The number of ether oxygens (including phenoxy) is 1. The molecule has 144 valence electrons. The summed E-state index contributed by atoms with van der Waals surface area (Å²) in [6, 6.07) is 12.0. The molecule has 0 aromatic heterocycles. The lowest BCUT2D eigenvalue weighted by Gasteiger charge is -2.29. The monoisotopic (exact) mass is 370 g/mol. The van der Waals surface area contributed by atoms with E-state index in [1.54, 1.807) is 0 Å². The number of hydrogen-bond donors (Lipinski definition) is 0. The van der Waals surface area contributed by atoms with Crippen molar-refractivity contribution in [3.63, 3.8) is 0 Å². The first-order valence-electron chi connectivity index (χ1n) is 9.81. The van der Waals surface area contributed by atoms with Gasteiger partial charge in [0.2, 0.25) is 0 Å². The van der Waals surface area contributed by atoms with Crippen LogP contribution in [0.25, 0.3) is 0 Å².